The minimum absolute atomic E-state index is 0.303. The fourth-order valence-corrected chi connectivity index (χ4v) is 2.82. The Bertz CT molecular complexity index is 803. The number of hydrogen-bond donors (Lipinski definition) is 1. The van der Waals surface area contributed by atoms with Crippen molar-refractivity contribution in [3.8, 4) is 5.69 Å². The number of nitrogens with zero attached hydrogens (tertiary/aromatic N) is 4. The highest BCUT2D eigenvalue weighted by Crippen LogP contribution is 2.29. The Morgan fingerprint density at radius 2 is 2.04 bits per heavy atom. The van der Waals surface area contributed by atoms with Crippen molar-refractivity contribution in [3.05, 3.63) is 59.4 Å². The summed E-state index contributed by atoms with van der Waals surface area (Å²) < 4.78 is 3.91. The molecule has 1 aromatic carbocycles. The molecule has 23 heavy (non-hydrogen) atoms. The second-order valence-corrected chi connectivity index (χ2v) is 6.18. The van der Waals surface area contributed by atoms with E-state index in [0.29, 0.717) is 17.5 Å². The van der Waals surface area contributed by atoms with Gasteiger partial charge in [0.05, 0.1) is 34.8 Å². The first-order chi connectivity index (χ1) is 11.1. The molecule has 0 radical (unpaired) electrons. The van der Waals surface area contributed by atoms with E-state index < -0.39 is 0 Å². The lowest BCUT2D eigenvalue weighted by Gasteiger charge is -2.14. The lowest BCUT2D eigenvalue weighted by Crippen LogP contribution is -2.09. The Balaban J connectivity index is 1.93. The topological polar surface area (TPSA) is 47.7 Å². The maximum atomic E-state index is 6.33. The van der Waals surface area contributed by atoms with Crippen LogP contribution in [0, 0.1) is 0 Å². The molecule has 0 atom stereocenters. The minimum Gasteiger partial charge on any atom is -0.375 e. The molecule has 0 fully saturated rings. The van der Waals surface area contributed by atoms with Crippen LogP contribution in [0.5, 0.6) is 0 Å². The van der Waals surface area contributed by atoms with E-state index in [0.717, 1.165) is 22.9 Å². The van der Waals surface area contributed by atoms with E-state index in [2.05, 4.69) is 29.2 Å². The molecule has 5 nitrogen and oxygen atoms in total. The van der Waals surface area contributed by atoms with Crippen molar-refractivity contribution in [2.75, 3.05) is 5.32 Å². The largest absolute Gasteiger partial charge is 0.375 e. The van der Waals surface area contributed by atoms with Gasteiger partial charge >= 0.3 is 0 Å². The Morgan fingerprint density at radius 1 is 1.26 bits per heavy atom. The van der Waals surface area contributed by atoms with E-state index in [-0.39, 0.29) is 0 Å². The summed E-state index contributed by atoms with van der Waals surface area (Å²) in [4.78, 5) is 4.34. The monoisotopic (exact) mass is 329 g/mol. The number of para-hydroxylation sites is 1. The summed E-state index contributed by atoms with van der Waals surface area (Å²) in [7, 11) is 1.99. The summed E-state index contributed by atoms with van der Waals surface area (Å²) in [6.45, 7) is 4.95. The first-order valence-corrected chi connectivity index (χ1v) is 7.98. The molecule has 0 aliphatic rings. The number of imidazole rings is 1. The predicted molar refractivity (Wildman–Crippen MR) is 93.2 cm³/mol. The molecule has 0 unspecified atom stereocenters. The van der Waals surface area contributed by atoms with Gasteiger partial charge in [0, 0.05) is 19.4 Å². The van der Waals surface area contributed by atoms with Gasteiger partial charge in [-0.15, -0.1) is 0 Å². The number of rotatable bonds is 5. The van der Waals surface area contributed by atoms with Crippen LogP contribution in [0.3, 0.4) is 0 Å². The summed E-state index contributed by atoms with van der Waals surface area (Å²) in [5.74, 6) is 1.28. The maximum Gasteiger partial charge on any atom is 0.127 e. The first kappa shape index (κ1) is 15.6. The molecule has 0 amide bonds. The number of hydrogen-bond acceptors (Lipinski definition) is 3. The molecule has 0 bridgehead atoms. The fraction of sp³-hybridized carbons (Fsp3) is 0.294. The van der Waals surface area contributed by atoms with Gasteiger partial charge in [0.15, 0.2) is 0 Å². The Kier molecular flexibility index (Phi) is 4.39. The van der Waals surface area contributed by atoms with Crippen molar-refractivity contribution < 1.29 is 0 Å². The molecule has 3 aromatic rings. The molecule has 2 aromatic heterocycles. The summed E-state index contributed by atoms with van der Waals surface area (Å²) in [5.41, 5.74) is 3.00. The minimum atomic E-state index is 0.303. The molecule has 0 saturated heterocycles. The smallest absolute Gasteiger partial charge is 0.127 e. The van der Waals surface area contributed by atoms with Crippen molar-refractivity contribution in [3.63, 3.8) is 0 Å². The van der Waals surface area contributed by atoms with Crippen molar-refractivity contribution in [2.45, 2.75) is 26.3 Å². The van der Waals surface area contributed by atoms with Gasteiger partial charge in [0.1, 0.15) is 5.82 Å². The molecule has 120 valence electrons. The lowest BCUT2D eigenvalue weighted by atomic mass is 10.1. The van der Waals surface area contributed by atoms with Gasteiger partial charge in [-0.2, -0.15) is 5.10 Å². The second-order valence-electron chi connectivity index (χ2n) is 5.77. The summed E-state index contributed by atoms with van der Waals surface area (Å²) in [6.07, 6.45) is 5.59. The third kappa shape index (κ3) is 3.10. The molecule has 3 rings (SSSR count). The number of anilines is 1. The first-order valence-electron chi connectivity index (χ1n) is 7.61. The molecule has 2 heterocycles. The highest BCUT2D eigenvalue weighted by molar-refractivity contribution is 6.32. The van der Waals surface area contributed by atoms with Crippen molar-refractivity contribution in [1.82, 2.24) is 19.3 Å². The van der Waals surface area contributed by atoms with Crippen LogP contribution in [0.2, 0.25) is 5.02 Å². The molecule has 6 heteroatoms. The van der Waals surface area contributed by atoms with E-state index in [1.54, 1.807) is 6.20 Å². The van der Waals surface area contributed by atoms with E-state index in [4.69, 9.17) is 11.6 Å². The van der Waals surface area contributed by atoms with E-state index in [1.165, 1.54) is 0 Å². The third-order valence-electron chi connectivity index (χ3n) is 3.79. The summed E-state index contributed by atoms with van der Waals surface area (Å²) >= 11 is 6.33. The molecule has 0 saturated carbocycles. The number of aryl methyl sites for hydroxylation is 1. The highest BCUT2D eigenvalue weighted by Gasteiger charge is 2.17. The molecular formula is C17H20ClN5. The van der Waals surface area contributed by atoms with Gasteiger partial charge in [-0.25, -0.2) is 9.67 Å². The SMILES string of the molecule is CC(C)c1c(NCc2nccn2C)cnn1-c1ccccc1Cl. The normalized spacial score (nSPS) is 11.2. The standard InChI is InChI=1S/C17H20ClN5/c1-12(2)17-14(20-11-16-19-8-9-22(16)3)10-21-23(17)15-7-5-4-6-13(15)18/h4-10,12,20H,11H2,1-3H3. The van der Waals surface area contributed by atoms with Crippen LogP contribution >= 0.6 is 11.6 Å². The molecule has 1 N–H and O–H groups in total. The third-order valence-corrected chi connectivity index (χ3v) is 4.11. The number of benzene rings is 1. The maximum absolute atomic E-state index is 6.33. The van der Waals surface area contributed by atoms with Crippen molar-refractivity contribution >= 4 is 17.3 Å². The zero-order valence-corrected chi connectivity index (χ0v) is 14.2. The Labute approximate surface area is 140 Å². The van der Waals surface area contributed by atoms with Gasteiger partial charge in [-0.05, 0) is 18.1 Å². The van der Waals surface area contributed by atoms with E-state index >= 15 is 0 Å². The van der Waals surface area contributed by atoms with Gasteiger partial charge in [0.2, 0.25) is 0 Å². The molecule has 0 spiro atoms. The average molecular weight is 330 g/mol. The second kappa shape index (κ2) is 6.46. The molecular weight excluding hydrogens is 310 g/mol. The summed E-state index contributed by atoms with van der Waals surface area (Å²) in [6, 6.07) is 7.74. The van der Waals surface area contributed by atoms with Crippen LogP contribution in [0.4, 0.5) is 5.69 Å². The number of nitrogens with one attached hydrogen (secondary N) is 1. The quantitative estimate of drug-likeness (QED) is 0.769. The number of halogens is 1. The zero-order valence-electron chi connectivity index (χ0n) is 13.5. The van der Waals surface area contributed by atoms with E-state index in [9.17, 15) is 0 Å². The molecule has 0 aliphatic carbocycles. The van der Waals surface area contributed by atoms with Crippen LogP contribution < -0.4 is 5.32 Å². The predicted octanol–water partition coefficient (Wildman–Crippen LogP) is 3.99. The van der Waals surface area contributed by atoms with Crippen LogP contribution in [0.15, 0.2) is 42.9 Å². The van der Waals surface area contributed by atoms with Gasteiger partial charge in [0.25, 0.3) is 0 Å². The van der Waals surface area contributed by atoms with E-state index in [1.807, 2.05) is 53.0 Å². The number of aromatic nitrogens is 4. The summed E-state index contributed by atoms with van der Waals surface area (Å²) in [5, 5.41) is 8.66. The van der Waals surface area contributed by atoms with Gasteiger partial charge < -0.3 is 9.88 Å². The lowest BCUT2D eigenvalue weighted by molar-refractivity contribution is 0.733. The van der Waals surface area contributed by atoms with Crippen LogP contribution in [-0.4, -0.2) is 19.3 Å². The average Bonchev–Trinajstić information content (AvgIpc) is 3.11. The van der Waals surface area contributed by atoms with Crippen molar-refractivity contribution in [1.29, 1.82) is 0 Å². The van der Waals surface area contributed by atoms with Crippen LogP contribution in [-0.2, 0) is 13.6 Å². The van der Waals surface area contributed by atoms with Crippen LogP contribution in [0.1, 0.15) is 31.3 Å². The Morgan fingerprint density at radius 3 is 2.70 bits per heavy atom. The van der Waals surface area contributed by atoms with Crippen LogP contribution in [0.25, 0.3) is 5.69 Å². The molecule has 0 aliphatic heterocycles. The fourth-order valence-electron chi connectivity index (χ4n) is 2.61. The Hall–Kier alpha value is -2.27. The van der Waals surface area contributed by atoms with Gasteiger partial charge in [-0.3, -0.25) is 0 Å². The zero-order chi connectivity index (χ0) is 16.4. The van der Waals surface area contributed by atoms with Gasteiger partial charge in [-0.1, -0.05) is 37.6 Å². The van der Waals surface area contributed by atoms with Crippen molar-refractivity contribution in [2.24, 2.45) is 7.05 Å². The highest BCUT2D eigenvalue weighted by atomic mass is 35.5.